The number of aromatic nitrogens is 3. The summed E-state index contributed by atoms with van der Waals surface area (Å²) in [7, 11) is 0. The fourth-order valence-electron chi connectivity index (χ4n) is 2.60. The third-order valence-electron chi connectivity index (χ3n) is 4.06. The minimum atomic E-state index is 0.119. The highest BCUT2D eigenvalue weighted by Crippen LogP contribution is 2.38. The summed E-state index contributed by atoms with van der Waals surface area (Å²) in [6, 6.07) is 5.85. The van der Waals surface area contributed by atoms with Crippen LogP contribution in [0.15, 0.2) is 30.6 Å². The number of pyridine rings is 1. The first-order valence-electron chi connectivity index (χ1n) is 8.13. The predicted octanol–water partition coefficient (Wildman–Crippen LogP) is 2.53. The Labute approximate surface area is 135 Å². The van der Waals surface area contributed by atoms with E-state index in [1.54, 1.807) is 6.20 Å². The second kappa shape index (κ2) is 6.50. The molecule has 0 amide bonds. The number of ether oxygens (including phenoxy) is 2. The lowest BCUT2D eigenvalue weighted by molar-refractivity contribution is 0.138. The Hall–Kier alpha value is -2.21. The number of anilines is 1. The van der Waals surface area contributed by atoms with Crippen molar-refractivity contribution < 1.29 is 9.47 Å². The highest BCUT2D eigenvalue weighted by atomic mass is 16.5. The monoisotopic (exact) mass is 312 g/mol. The van der Waals surface area contributed by atoms with Crippen LogP contribution in [0.2, 0.25) is 0 Å². The number of nitrogens with zero attached hydrogens (tertiary/aromatic N) is 3. The van der Waals surface area contributed by atoms with E-state index in [2.05, 4.69) is 20.3 Å². The van der Waals surface area contributed by atoms with Crippen LogP contribution in [0, 0.1) is 0 Å². The van der Waals surface area contributed by atoms with E-state index in [-0.39, 0.29) is 6.10 Å². The molecular formula is C17H20N4O2. The summed E-state index contributed by atoms with van der Waals surface area (Å²) in [5, 5.41) is 3.35. The van der Waals surface area contributed by atoms with E-state index in [0.29, 0.717) is 24.9 Å². The second-order valence-corrected chi connectivity index (χ2v) is 6.03. The molecule has 1 unspecified atom stereocenters. The van der Waals surface area contributed by atoms with Crippen molar-refractivity contribution in [2.24, 2.45) is 0 Å². The van der Waals surface area contributed by atoms with E-state index in [1.165, 1.54) is 12.8 Å². The summed E-state index contributed by atoms with van der Waals surface area (Å²) in [4.78, 5) is 13.2. The quantitative estimate of drug-likeness (QED) is 0.884. The average molecular weight is 312 g/mol. The molecular weight excluding hydrogens is 292 g/mol. The molecule has 4 rings (SSSR count). The third-order valence-corrected chi connectivity index (χ3v) is 4.06. The molecule has 2 aromatic rings. The molecule has 0 spiro atoms. The SMILES string of the molecule is c1cc(CNc2ccnc(C3CC3)n2)cc(OC2CCOC2)n1. The highest BCUT2D eigenvalue weighted by Gasteiger charge is 2.26. The van der Waals surface area contributed by atoms with Gasteiger partial charge in [0.2, 0.25) is 5.88 Å². The van der Waals surface area contributed by atoms with Gasteiger partial charge in [-0.1, -0.05) is 0 Å². The predicted molar refractivity (Wildman–Crippen MR) is 85.4 cm³/mol. The van der Waals surface area contributed by atoms with Gasteiger partial charge in [0.25, 0.3) is 0 Å². The lowest BCUT2D eigenvalue weighted by atomic mass is 10.2. The number of hydrogen-bond donors (Lipinski definition) is 1. The van der Waals surface area contributed by atoms with Gasteiger partial charge in [-0.05, 0) is 30.5 Å². The minimum absolute atomic E-state index is 0.119. The van der Waals surface area contributed by atoms with Crippen molar-refractivity contribution in [3.63, 3.8) is 0 Å². The first-order chi connectivity index (χ1) is 11.4. The molecule has 1 aliphatic heterocycles. The first kappa shape index (κ1) is 14.4. The van der Waals surface area contributed by atoms with Gasteiger partial charge in [0.15, 0.2) is 0 Å². The van der Waals surface area contributed by atoms with Crippen molar-refractivity contribution in [1.82, 2.24) is 15.0 Å². The maximum absolute atomic E-state index is 5.84. The molecule has 0 radical (unpaired) electrons. The molecule has 2 aliphatic rings. The van der Waals surface area contributed by atoms with Gasteiger partial charge in [-0.2, -0.15) is 0 Å². The molecule has 2 aromatic heterocycles. The van der Waals surface area contributed by atoms with Gasteiger partial charge in [-0.15, -0.1) is 0 Å². The van der Waals surface area contributed by atoms with Gasteiger partial charge >= 0.3 is 0 Å². The summed E-state index contributed by atoms with van der Waals surface area (Å²) >= 11 is 0. The summed E-state index contributed by atoms with van der Waals surface area (Å²) in [6.07, 6.45) is 7.06. The summed E-state index contributed by atoms with van der Waals surface area (Å²) in [6.45, 7) is 2.10. The minimum Gasteiger partial charge on any atom is -0.472 e. The Balaban J connectivity index is 1.37. The van der Waals surface area contributed by atoms with E-state index in [1.807, 2.05) is 24.4 Å². The molecule has 1 atom stereocenters. The first-order valence-corrected chi connectivity index (χ1v) is 8.13. The van der Waals surface area contributed by atoms with Crippen molar-refractivity contribution in [3.8, 4) is 5.88 Å². The summed E-state index contributed by atoms with van der Waals surface area (Å²) < 4.78 is 11.2. The zero-order chi connectivity index (χ0) is 15.5. The van der Waals surface area contributed by atoms with Crippen LogP contribution >= 0.6 is 0 Å². The van der Waals surface area contributed by atoms with E-state index in [0.717, 1.165) is 30.2 Å². The Kier molecular flexibility index (Phi) is 4.06. The van der Waals surface area contributed by atoms with Crippen molar-refractivity contribution in [2.75, 3.05) is 18.5 Å². The molecule has 1 saturated heterocycles. The summed E-state index contributed by atoms with van der Waals surface area (Å²) in [5.74, 6) is 3.04. The average Bonchev–Trinajstić information content (AvgIpc) is 3.32. The normalized spacial score (nSPS) is 20.4. The second-order valence-electron chi connectivity index (χ2n) is 6.03. The van der Waals surface area contributed by atoms with Crippen molar-refractivity contribution in [1.29, 1.82) is 0 Å². The Bertz CT molecular complexity index is 669. The van der Waals surface area contributed by atoms with Gasteiger partial charge in [0, 0.05) is 37.3 Å². The molecule has 2 fully saturated rings. The number of hydrogen-bond acceptors (Lipinski definition) is 6. The Morgan fingerprint density at radius 1 is 1.17 bits per heavy atom. The third kappa shape index (κ3) is 3.76. The maximum Gasteiger partial charge on any atom is 0.213 e. The zero-order valence-corrected chi connectivity index (χ0v) is 12.9. The standard InChI is InChI=1S/C17H20N4O2/c1-2-13(1)17-19-7-4-15(21-17)20-10-12-3-6-18-16(9-12)23-14-5-8-22-11-14/h3-4,6-7,9,13-14H,1-2,5,8,10-11H2,(H,19,20,21). The fraction of sp³-hybridized carbons (Fsp3) is 0.471. The largest absolute Gasteiger partial charge is 0.472 e. The van der Waals surface area contributed by atoms with Gasteiger partial charge in [0.1, 0.15) is 17.7 Å². The molecule has 6 heteroatoms. The smallest absolute Gasteiger partial charge is 0.213 e. The van der Waals surface area contributed by atoms with E-state index >= 15 is 0 Å². The van der Waals surface area contributed by atoms with Crippen molar-refractivity contribution in [2.45, 2.75) is 37.8 Å². The summed E-state index contributed by atoms with van der Waals surface area (Å²) in [5.41, 5.74) is 1.11. The van der Waals surface area contributed by atoms with Gasteiger partial charge in [-0.25, -0.2) is 15.0 Å². The zero-order valence-electron chi connectivity index (χ0n) is 12.9. The van der Waals surface area contributed by atoms with Crippen molar-refractivity contribution in [3.05, 3.63) is 42.0 Å². The lowest BCUT2D eigenvalue weighted by Crippen LogP contribution is -2.16. The van der Waals surface area contributed by atoms with Crippen molar-refractivity contribution >= 4 is 5.82 Å². The van der Waals surface area contributed by atoms with Crippen LogP contribution in [0.1, 0.15) is 36.6 Å². The number of rotatable bonds is 6. The lowest BCUT2D eigenvalue weighted by Gasteiger charge is -2.12. The fourth-order valence-corrected chi connectivity index (χ4v) is 2.60. The molecule has 3 heterocycles. The molecule has 1 N–H and O–H groups in total. The topological polar surface area (TPSA) is 69.2 Å². The van der Waals surface area contributed by atoms with Gasteiger partial charge < -0.3 is 14.8 Å². The van der Waals surface area contributed by atoms with Crippen LogP contribution in [0.4, 0.5) is 5.82 Å². The molecule has 1 saturated carbocycles. The van der Waals surface area contributed by atoms with Crippen LogP contribution in [0.5, 0.6) is 5.88 Å². The maximum atomic E-state index is 5.84. The van der Waals surface area contributed by atoms with Crippen LogP contribution < -0.4 is 10.1 Å². The molecule has 1 aliphatic carbocycles. The number of nitrogens with one attached hydrogen (secondary N) is 1. The van der Waals surface area contributed by atoms with E-state index in [4.69, 9.17) is 9.47 Å². The Morgan fingerprint density at radius 3 is 2.91 bits per heavy atom. The van der Waals surface area contributed by atoms with E-state index in [9.17, 15) is 0 Å². The highest BCUT2D eigenvalue weighted by molar-refractivity contribution is 5.35. The molecule has 0 aromatic carbocycles. The van der Waals surface area contributed by atoms with Crippen LogP contribution in [0.25, 0.3) is 0 Å². The van der Waals surface area contributed by atoms with Gasteiger partial charge in [0.05, 0.1) is 13.2 Å². The molecule has 6 nitrogen and oxygen atoms in total. The Morgan fingerprint density at radius 2 is 2.09 bits per heavy atom. The van der Waals surface area contributed by atoms with E-state index < -0.39 is 0 Å². The van der Waals surface area contributed by atoms with Crippen LogP contribution in [-0.4, -0.2) is 34.3 Å². The molecule has 0 bridgehead atoms. The van der Waals surface area contributed by atoms with Gasteiger partial charge in [-0.3, -0.25) is 0 Å². The molecule has 23 heavy (non-hydrogen) atoms. The van der Waals surface area contributed by atoms with Crippen LogP contribution in [0.3, 0.4) is 0 Å². The molecule has 120 valence electrons. The van der Waals surface area contributed by atoms with Crippen LogP contribution in [-0.2, 0) is 11.3 Å².